The van der Waals surface area contributed by atoms with Gasteiger partial charge in [0.25, 0.3) is 0 Å². The molecule has 2 N–H and O–H groups in total. The molecule has 1 saturated carbocycles. The number of amides is 1. The fourth-order valence-corrected chi connectivity index (χ4v) is 2.61. The first-order valence-corrected chi connectivity index (χ1v) is 6.52. The van der Waals surface area contributed by atoms with Gasteiger partial charge in [0.15, 0.2) is 0 Å². The molecule has 0 bridgehead atoms. The fourth-order valence-electron chi connectivity index (χ4n) is 2.61. The Bertz CT molecular complexity index is 294. The molecule has 2 fully saturated rings. The van der Waals surface area contributed by atoms with E-state index in [1.54, 1.807) is 0 Å². The number of hydrogen-bond donors (Lipinski definition) is 2. The Labute approximate surface area is 104 Å². The predicted octanol–water partition coefficient (Wildman–Crippen LogP) is 1.83. The monoisotopic (exact) mass is 264 g/mol. The Morgan fingerprint density at radius 1 is 1.17 bits per heavy atom. The lowest BCUT2D eigenvalue weighted by molar-refractivity contribution is -0.182. The van der Waals surface area contributed by atoms with E-state index < -0.39 is 12.1 Å². The van der Waals surface area contributed by atoms with Gasteiger partial charge in [-0.15, -0.1) is 0 Å². The Hall–Kier alpha value is -0.780. The average Bonchev–Trinajstić information content (AvgIpc) is 2.23. The number of hydrogen-bond acceptors (Lipinski definition) is 2. The van der Waals surface area contributed by atoms with Crippen LogP contribution in [-0.2, 0) is 4.79 Å². The predicted molar refractivity (Wildman–Crippen MR) is 60.9 cm³/mol. The lowest BCUT2D eigenvalue weighted by Gasteiger charge is -2.31. The Morgan fingerprint density at radius 2 is 1.78 bits per heavy atom. The van der Waals surface area contributed by atoms with Crippen molar-refractivity contribution in [1.82, 2.24) is 10.6 Å². The van der Waals surface area contributed by atoms with Gasteiger partial charge in [0.1, 0.15) is 0 Å². The van der Waals surface area contributed by atoms with Gasteiger partial charge in [-0.3, -0.25) is 4.79 Å². The van der Waals surface area contributed by atoms with E-state index in [9.17, 15) is 18.0 Å². The van der Waals surface area contributed by atoms with Crippen molar-refractivity contribution in [3.8, 4) is 0 Å². The minimum absolute atomic E-state index is 0.0167. The molecule has 0 aromatic heterocycles. The van der Waals surface area contributed by atoms with Gasteiger partial charge in [0.05, 0.1) is 5.92 Å². The molecule has 0 aromatic carbocycles. The molecule has 1 aliphatic heterocycles. The zero-order valence-electron chi connectivity index (χ0n) is 10.2. The summed E-state index contributed by atoms with van der Waals surface area (Å²) in [7, 11) is 0. The van der Waals surface area contributed by atoms with Crippen LogP contribution in [-0.4, -0.2) is 31.2 Å². The van der Waals surface area contributed by atoms with Gasteiger partial charge in [-0.2, -0.15) is 13.2 Å². The molecule has 0 spiro atoms. The van der Waals surface area contributed by atoms with Crippen LogP contribution in [0.1, 0.15) is 32.1 Å². The molecule has 0 atom stereocenters. The van der Waals surface area contributed by atoms with Gasteiger partial charge < -0.3 is 10.6 Å². The van der Waals surface area contributed by atoms with Gasteiger partial charge in [-0.25, -0.2) is 0 Å². The van der Waals surface area contributed by atoms with E-state index >= 15 is 0 Å². The summed E-state index contributed by atoms with van der Waals surface area (Å²) in [5.41, 5.74) is 0. The first-order chi connectivity index (χ1) is 8.45. The molecule has 104 valence electrons. The Kier molecular flexibility index (Phi) is 4.14. The van der Waals surface area contributed by atoms with E-state index in [0.29, 0.717) is 25.2 Å². The van der Waals surface area contributed by atoms with E-state index in [0.717, 1.165) is 13.1 Å². The molecule has 1 heterocycles. The SMILES string of the molecule is O=C(CC1CNC1)NC1CCC(C(F)(F)F)CC1. The molecule has 1 aliphatic carbocycles. The van der Waals surface area contributed by atoms with Crippen LogP contribution in [0.3, 0.4) is 0 Å². The molecule has 2 rings (SSSR count). The van der Waals surface area contributed by atoms with E-state index in [1.165, 1.54) is 0 Å². The maximum absolute atomic E-state index is 12.5. The molecule has 1 saturated heterocycles. The molecule has 6 heteroatoms. The van der Waals surface area contributed by atoms with E-state index in [4.69, 9.17) is 0 Å². The highest BCUT2D eigenvalue weighted by Crippen LogP contribution is 2.37. The van der Waals surface area contributed by atoms with Crippen molar-refractivity contribution >= 4 is 5.91 Å². The van der Waals surface area contributed by atoms with Crippen LogP contribution in [0.15, 0.2) is 0 Å². The van der Waals surface area contributed by atoms with Gasteiger partial charge in [-0.05, 0) is 44.7 Å². The van der Waals surface area contributed by atoms with Crippen molar-refractivity contribution in [1.29, 1.82) is 0 Å². The first-order valence-electron chi connectivity index (χ1n) is 6.52. The zero-order chi connectivity index (χ0) is 13.2. The maximum atomic E-state index is 12.5. The summed E-state index contributed by atoms with van der Waals surface area (Å²) < 4.78 is 37.4. The van der Waals surface area contributed by atoms with Crippen LogP contribution in [0.4, 0.5) is 13.2 Å². The van der Waals surface area contributed by atoms with Crippen LogP contribution in [0.2, 0.25) is 0 Å². The van der Waals surface area contributed by atoms with Crippen molar-refractivity contribution in [2.75, 3.05) is 13.1 Å². The average molecular weight is 264 g/mol. The topological polar surface area (TPSA) is 41.1 Å². The van der Waals surface area contributed by atoms with Gasteiger partial charge >= 0.3 is 6.18 Å². The van der Waals surface area contributed by atoms with Gasteiger partial charge in [-0.1, -0.05) is 0 Å². The van der Waals surface area contributed by atoms with Crippen molar-refractivity contribution in [3.63, 3.8) is 0 Å². The van der Waals surface area contributed by atoms with Crippen molar-refractivity contribution in [3.05, 3.63) is 0 Å². The fraction of sp³-hybridized carbons (Fsp3) is 0.917. The molecule has 0 radical (unpaired) electrons. The normalized spacial score (nSPS) is 29.7. The highest BCUT2D eigenvalue weighted by atomic mass is 19.4. The lowest BCUT2D eigenvalue weighted by Crippen LogP contribution is -2.46. The molecule has 0 unspecified atom stereocenters. The van der Waals surface area contributed by atoms with Crippen molar-refractivity contribution < 1.29 is 18.0 Å². The summed E-state index contributed by atoms with van der Waals surface area (Å²) in [5.74, 6) is -0.796. The smallest absolute Gasteiger partial charge is 0.353 e. The first kappa shape index (κ1) is 13.6. The lowest BCUT2D eigenvalue weighted by atomic mass is 9.85. The summed E-state index contributed by atoms with van der Waals surface area (Å²) in [6, 6.07) is -0.0656. The van der Waals surface area contributed by atoms with E-state index in [2.05, 4.69) is 10.6 Å². The van der Waals surface area contributed by atoms with E-state index in [-0.39, 0.29) is 24.8 Å². The van der Waals surface area contributed by atoms with Crippen LogP contribution in [0, 0.1) is 11.8 Å². The number of alkyl halides is 3. The summed E-state index contributed by atoms with van der Waals surface area (Å²) in [6.45, 7) is 1.74. The Morgan fingerprint density at radius 3 is 2.22 bits per heavy atom. The number of halogens is 3. The van der Waals surface area contributed by atoms with Crippen molar-refractivity contribution in [2.24, 2.45) is 11.8 Å². The molecular formula is C12H19F3N2O. The number of nitrogens with one attached hydrogen (secondary N) is 2. The second kappa shape index (κ2) is 5.47. The quantitative estimate of drug-likeness (QED) is 0.816. The minimum Gasteiger partial charge on any atom is -0.353 e. The minimum atomic E-state index is -4.08. The maximum Gasteiger partial charge on any atom is 0.391 e. The highest BCUT2D eigenvalue weighted by Gasteiger charge is 2.41. The van der Waals surface area contributed by atoms with Gasteiger partial charge in [0, 0.05) is 12.5 Å². The largest absolute Gasteiger partial charge is 0.391 e. The molecule has 3 nitrogen and oxygen atoms in total. The third-order valence-electron chi connectivity index (χ3n) is 3.90. The zero-order valence-corrected chi connectivity index (χ0v) is 10.2. The van der Waals surface area contributed by atoms with Crippen LogP contribution < -0.4 is 10.6 Å². The summed E-state index contributed by atoms with van der Waals surface area (Å²) >= 11 is 0. The number of rotatable bonds is 3. The molecule has 1 amide bonds. The summed E-state index contributed by atoms with van der Waals surface area (Å²) in [5, 5.41) is 5.94. The molecule has 2 aliphatic rings. The summed E-state index contributed by atoms with van der Waals surface area (Å²) in [6.07, 6.45) is -2.42. The van der Waals surface area contributed by atoms with Crippen LogP contribution in [0.25, 0.3) is 0 Å². The second-order valence-corrected chi connectivity index (χ2v) is 5.39. The molecule has 18 heavy (non-hydrogen) atoms. The number of carbonyl (C=O) groups excluding carboxylic acids is 1. The Balaban J connectivity index is 1.68. The third-order valence-corrected chi connectivity index (χ3v) is 3.90. The van der Waals surface area contributed by atoms with Gasteiger partial charge in [0.2, 0.25) is 5.91 Å². The highest BCUT2D eigenvalue weighted by molar-refractivity contribution is 5.76. The summed E-state index contributed by atoms with van der Waals surface area (Å²) in [4.78, 5) is 11.6. The van der Waals surface area contributed by atoms with Crippen LogP contribution in [0.5, 0.6) is 0 Å². The number of carbonyl (C=O) groups is 1. The standard InChI is InChI=1S/C12H19F3N2O/c13-12(14,15)9-1-3-10(4-2-9)17-11(18)5-8-6-16-7-8/h8-10,16H,1-7H2,(H,17,18). The molecular weight excluding hydrogens is 245 g/mol. The van der Waals surface area contributed by atoms with Crippen LogP contribution >= 0.6 is 0 Å². The van der Waals surface area contributed by atoms with Crippen molar-refractivity contribution in [2.45, 2.75) is 44.3 Å². The second-order valence-electron chi connectivity index (χ2n) is 5.39. The third kappa shape index (κ3) is 3.60. The van der Waals surface area contributed by atoms with E-state index in [1.807, 2.05) is 0 Å². The molecule has 0 aromatic rings.